The minimum absolute atomic E-state index is 0.373. The van der Waals surface area contributed by atoms with Crippen LogP contribution in [0.1, 0.15) is 6.42 Å². The molecule has 0 fully saturated rings. The Kier molecular flexibility index (Phi) is 5.92. The summed E-state index contributed by atoms with van der Waals surface area (Å²) in [5, 5.41) is 0. The van der Waals surface area contributed by atoms with Crippen LogP contribution in [0.15, 0.2) is 0 Å². The predicted molar refractivity (Wildman–Crippen MR) is 50.3 cm³/mol. The van der Waals surface area contributed by atoms with Crippen LogP contribution >= 0.6 is 11.6 Å². The molecule has 0 saturated heterocycles. The van der Waals surface area contributed by atoms with E-state index in [2.05, 4.69) is 0 Å². The lowest BCUT2D eigenvalue weighted by Gasteiger charge is -2.23. The summed E-state index contributed by atoms with van der Waals surface area (Å²) in [5.41, 5.74) is 0. The van der Waals surface area contributed by atoms with Gasteiger partial charge in [0.15, 0.2) is 29.3 Å². The largest absolute Gasteiger partial charge is 0.438 e. The van der Waals surface area contributed by atoms with Gasteiger partial charge in [-0.05, 0) is 6.42 Å². The molecule has 0 aliphatic carbocycles. The van der Waals surface area contributed by atoms with Gasteiger partial charge in [0.05, 0.1) is 0 Å². The lowest BCUT2D eigenvalue weighted by molar-refractivity contribution is 0.518. The second-order valence-corrected chi connectivity index (χ2v) is 11.2. The van der Waals surface area contributed by atoms with E-state index in [0.29, 0.717) is 12.3 Å². The highest BCUT2D eigenvalue weighted by Crippen LogP contribution is 2.23. The Labute approximate surface area is 72.2 Å². The molecule has 0 atom stereocenters. The van der Waals surface area contributed by atoms with Crippen molar-refractivity contribution in [2.75, 3.05) is 5.88 Å². The fourth-order valence-electron chi connectivity index (χ4n) is 0.588. The quantitative estimate of drug-likeness (QED) is 0.338. The molecule has 7 heteroatoms. The number of hydrogen-bond acceptors (Lipinski definition) is 3. The van der Waals surface area contributed by atoms with Crippen molar-refractivity contribution < 1.29 is 14.4 Å². The highest BCUT2D eigenvalue weighted by molar-refractivity contribution is 6.72. The molecule has 3 nitrogen and oxygen atoms in total. The first-order valence-corrected chi connectivity index (χ1v) is 7.68. The van der Waals surface area contributed by atoms with Gasteiger partial charge in [-0.15, -0.1) is 11.6 Å². The molecule has 0 aliphatic heterocycles. The van der Waals surface area contributed by atoms with Gasteiger partial charge in [-0.25, -0.2) is 0 Å². The van der Waals surface area contributed by atoms with Crippen molar-refractivity contribution in [2.24, 2.45) is 0 Å². The van der Waals surface area contributed by atoms with Crippen LogP contribution in [0.4, 0.5) is 0 Å². The molecule has 0 rings (SSSR count). The summed E-state index contributed by atoms with van der Waals surface area (Å²) in [6.45, 7) is 0. The molecular weight excluding hydrogens is 204 g/mol. The number of halogens is 1. The van der Waals surface area contributed by atoms with E-state index in [4.69, 9.17) is 26.0 Å². The molecule has 0 amide bonds. The molecule has 0 heterocycles. The van der Waals surface area contributed by atoms with E-state index in [1.807, 2.05) is 0 Å². The minimum Gasteiger partial charge on any atom is -0.438 e. The second kappa shape index (κ2) is 5.47. The van der Waals surface area contributed by atoms with Gasteiger partial charge in [-0.2, -0.15) is 0 Å². The monoisotopic (exact) mass is 216 g/mol. The maximum atomic E-state index is 8.94. The molecule has 0 aromatic rings. The standard InChI is InChI=1S/C3H13ClO3Si3/c4-2-1-3(8-5,9-6)10-7/h5-7H,1-2,8-10H2. The Morgan fingerprint density at radius 2 is 1.50 bits per heavy atom. The van der Waals surface area contributed by atoms with E-state index in [9.17, 15) is 0 Å². The fraction of sp³-hybridized carbons (Fsp3) is 1.00. The van der Waals surface area contributed by atoms with Gasteiger partial charge in [0.1, 0.15) is 0 Å². The van der Waals surface area contributed by atoms with Crippen molar-refractivity contribution >= 4 is 40.9 Å². The Bertz CT molecular complexity index is 80.8. The average molecular weight is 217 g/mol. The highest BCUT2D eigenvalue weighted by Gasteiger charge is 2.29. The molecule has 0 bridgehead atoms. The number of alkyl halides is 1. The summed E-state index contributed by atoms with van der Waals surface area (Å²) in [5.74, 6) is 0.439. The van der Waals surface area contributed by atoms with Crippen LogP contribution in [0, 0.1) is 0 Å². The van der Waals surface area contributed by atoms with Crippen molar-refractivity contribution in [2.45, 2.75) is 10.7 Å². The van der Waals surface area contributed by atoms with Gasteiger partial charge in [-0.1, -0.05) is 0 Å². The van der Waals surface area contributed by atoms with Crippen molar-refractivity contribution in [3.05, 3.63) is 0 Å². The molecule has 3 N–H and O–H groups in total. The molecule has 0 spiro atoms. The zero-order valence-electron chi connectivity index (χ0n) is 5.76. The molecule has 0 aromatic carbocycles. The maximum absolute atomic E-state index is 8.94. The average Bonchev–Trinajstić information content (AvgIpc) is 2.01. The Balaban J connectivity index is 3.87. The van der Waals surface area contributed by atoms with Crippen LogP contribution in [0.5, 0.6) is 0 Å². The van der Waals surface area contributed by atoms with E-state index in [1.165, 1.54) is 0 Å². The van der Waals surface area contributed by atoms with Gasteiger partial charge >= 0.3 is 0 Å². The van der Waals surface area contributed by atoms with Gasteiger partial charge in [0.2, 0.25) is 0 Å². The number of hydrogen-bond donors (Lipinski definition) is 3. The van der Waals surface area contributed by atoms with Crippen molar-refractivity contribution in [3.8, 4) is 0 Å². The zero-order valence-corrected chi connectivity index (χ0v) is 10.8. The van der Waals surface area contributed by atoms with Gasteiger partial charge in [0, 0.05) is 10.2 Å². The molecule has 0 radical (unpaired) electrons. The molecule has 0 aromatic heterocycles. The normalized spacial score (nSPS) is 20.4. The summed E-state index contributed by atoms with van der Waals surface area (Å²) in [7, 11) is -3.75. The first-order valence-electron chi connectivity index (χ1n) is 3.13. The van der Waals surface area contributed by atoms with Gasteiger partial charge < -0.3 is 14.4 Å². The minimum atomic E-state index is -1.25. The van der Waals surface area contributed by atoms with Gasteiger partial charge in [0.25, 0.3) is 0 Å². The lowest BCUT2D eigenvalue weighted by Crippen LogP contribution is -2.34. The van der Waals surface area contributed by atoms with Crippen LogP contribution in [-0.2, 0) is 0 Å². The third-order valence-electron chi connectivity index (χ3n) is 1.63. The van der Waals surface area contributed by atoms with Crippen LogP contribution in [0.25, 0.3) is 0 Å². The van der Waals surface area contributed by atoms with E-state index in [0.717, 1.165) is 0 Å². The lowest BCUT2D eigenvalue weighted by atomic mass is 10.5. The molecule has 10 heavy (non-hydrogen) atoms. The van der Waals surface area contributed by atoms with Crippen molar-refractivity contribution in [1.82, 2.24) is 0 Å². The Morgan fingerprint density at radius 3 is 1.60 bits per heavy atom. The molecule has 0 aliphatic rings. The van der Waals surface area contributed by atoms with E-state index >= 15 is 0 Å². The van der Waals surface area contributed by atoms with Gasteiger partial charge in [-0.3, -0.25) is 0 Å². The van der Waals surface area contributed by atoms with Crippen LogP contribution < -0.4 is 0 Å². The number of rotatable bonds is 5. The Hall–Kier alpha value is 0.821. The maximum Gasteiger partial charge on any atom is 0.161 e. The van der Waals surface area contributed by atoms with Crippen molar-refractivity contribution in [1.29, 1.82) is 0 Å². The SMILES string of the molecule is O[SiH2]C(CCCl)([SiH2]O)[SiH2]O. The predicted octanol–water partition coefficient (Wildman–Crippen LogP) is -3.08. The van der Waals surface area contributed by atoms with Crippen LogP contribution in [0.2, 0.25) is 4.28 Å². The smallest absolute Gasteiger partial charge is 0.161 e. The Morgan fingerprint density at radius 1 is 1.10 bits per heavy atom. The van der Waals surface area contributed by atoms with E-state index < -0.39 is 29.3 Å². The van der Waals surface area contributed by atoms with E-state index in [-0.39, 0.29) is 4.28 Å². The molecular formula is C3H13ClO3Si3. The fourth-order valence-corrected chi connectivity index (χ4v) is 3.87. The third kappa shape index (κ3) is 2.82. The first-order chi connectivity index (χ1) is 4.74. The summed E-state index contributed by atoms with van der Waals surface area (Å²) in [6, 6.07) is 0. The summed E-state index contributed by atoms with van der Waals surface area (Å²) in [6.07, 6.45) is 0.614. The molecule has 0 unspecified atom stereocenters. The topological polar surface area (TPSA) is 60.7 Å². The van der Waals surface area contributed by atoms with Crippen LogP contribution in [-0.4, -0.2) is 49.6 Å². The summed E-state index contributed by atoms with van der Waals surface area (Å²) in [4.78, 5) is 26.8. The second-order valence-electron chi connectivity index (χ2n) is 2.41. The van der Waals surface area contributed by atoms with Crippen molar-refractivity contribution in [3.63, 3.8) is 0 Å². The highest BCUT2D eigenvalue weighted by atomic mass is 35.5. The van der Waals surface area contributed by atoms with E-state index in [1.54, 1.807) is 0 Å². The summed E-state index contributed by atoms with van der Waals surface area (Å²) >= 11 is 5.46. The molecule has 62 valence electrons. The first kappa shape index (κ1) is 10.8. The summed E-state index contributed by atoms with van der Waals surface area (Å²) < 4.78 is -0.373. The molecule has 0 saturated carbocycles. The third-order valence-corrected chi connectivity index (χ3v) is 8.92. The van der Waals surface area contributed by atoms with Crippen LogP contribution in [0.3, 0.4) is 0 Å². The zero-order chi connectivity index (χ0) is 8.04.